The van der Waals surface area contributed by atoms with E-state index in [2.05, 4.69) is 5.32 Å². The third-order valence-electron chi connectivity index (χ3n) is 5.92. The summed E-state index contributed by atoms with van der Waals surface area (Å²) in [5.74, 6) is 0.405. The molecule has 0 aliphatic heterocycles. The van der Waals surface area contributed by atoms with Gasteiger partial charge in [0.05, 0.1) is 6.61 Å². The minimum Gasteiger partial charge on any atom is -0.494 e. The Labute approximate surface area is 189 Å². The van der Waals surface area contributed by atoms with Crippen LogP contribution in [0.3, 0.4) is 0 Å². The highest BCUT2D eigenvalue weighted by Gasteiger charge is 2.23. The summed E-state index contributed by atoms with van der Waals surface area (Å²) in [6.45, 7) is 2.47. The van der Waals surface area contributed by atoms with Crippen molar-refractivity contribution in [2.24, 2.45) is 0 Å². The first-order chi connectivity index (χ1) is 15.5. The molecule has 1 N–H and O–H groups in total. The van der Waals surface area contributed by atoms with E-state index >= 15 is 0 Å². The Hall–Kier alpha value is -3.15. The van der Waals surface area contributed by atoms with E-state index in [-0.39, 0.29) is 30.4 Å². The number of nitrogens with one attached hydrogen (secondary N) is 1. The van der Waals surface area contributed by atoms with Crippen molar-refractivity contribution in [1.29, 1.82) is 0 Å². The fourth-order valence-electron chi connectivity index (χ4n) is 4.03. The number of ketones is 1. The van der Waals surface area contributed by atoms with Crippen LogP contribution >= 0.6 is 0 Å². The van der Waals surface area contributed by atoms with Crippen LogP contribution in [0.15, 0.2) is 48.5 Å². The second kappa shape index (κ2) is 11.5. The number of amides is 2. The SMILES string of the molecule is CCOc1ccc(C(=O)CCC(=O)Nc2ccc(C(=O)N(C)C3CCCCC3)cc2)cc1. The van der Waals surface area contributed by atoms with Gasteiger partial charge in [-0.25, -0.2) is 0 Å². The third-order valence-corrected chi connectivity index (χ3v) is 5.92. The number of rotatable bonds is 9. The predicted molar refractivity (Wildman–Crippen MR) is 125 cm³/mol. The third kappa shape index (κ3) is 6.42. The molecule has 3 rings (SSSR count). The zero-order valence-corrected chi connectivity index (χ0v) is 18.9. The van der Waals surface area contributed by atoms with Crippen molar-refractivity contribution in [3.63, 3.8) is 0 Å². The molecule has 0 heterocycles. The molecule has 0 saturated heterocycles. The fourth-order valence-corrected chi connectivity index (χ4v) is 4.03. The molecule has 2 amide bonds. The van der Waals surface area contributed by atoms with Crippen molar-refractivity contribution >= 4 is 23.3 Å². The van der Waals surface area contributed by atoms with Crippen LogP contribution < -0.4 is 10.1 Å². The number of ether oxygens (including phenoxy) is 1. The molecular weight excluding hydrogens is 404 g/mol. The second-order valence-electron chi connectivity index (χ2n) is 8.21. The molecule has 0 bridgehead atoms. The molecule has 2 aromatic rings. The normalized spacial score (nSPS) is 13.9. The van der Waals surface area contributed by atoms with Gasteiger partial charge < -0.3 is 15.0 Å². The summed E-state index contributed by atoms with van der Waals surface area (Å²) in [6.07, 6.45) is 5.94. The van der Waals surface area contributed by atoms with Crippen molar-refractivity contribution in [3.8, 4) is 5.75 Å². The fraction of sp³-hybridized carbons (Fsp3) is 0.423. The lowest BCUT2D eigenvalue weighted by Crippen LogP contribution is -2.38. The highest BCUT2D eigenvalue weighted by Crippen LogP contribution is 2.23. The Morgan fingerprint density at radius 1 is 0.906 bits per heavy atom. The van der Waals surface area contributed by atoms with Crippen LogP contribution in [0.5, 0.6) is 5.75 Å². The molecule has 0 aromatic heterocycles. The second-order valence-corrected chi connectivity index (χ2v) is 8.21. The number of hydrogen-bond donors (Lipinski definition) is 1. The molecule has 0 spiro atoms. The van der Waals surface area contributed by atoms with E-state index in [0.717, 1.165) is 12.8 Å². The van der Waals surface area contributed by atoms with Gasteiger partial charge in [-0.05, 0) is 68.3 Å². The zero-order valence-electron chi connectivity index (χ0n) is 18.9. The summed E-state index contributed by atoms with van der Waals surface area (Å²) in [5, 5.41) is 2.80. The minimum atomic E-state index is -0.234. The number of anilines is 1. The largest absolute Gasteiger partial charge is 0.494 e. The first kappa shape index (κ1) is 23.5. The lowest BCUT2D eigenvalue weighted by atomic mass is 9.94. The Morgan fingerprint density at radius 2 is 1.53 bits per heavy atom. The van der Waals surface area contributed by atoms with Gasteiger partial charge in [0.1, 0.15) is 5.75 Å². The highest BCUT2D eigenvalue weighted by molar-refractivity contribution is 6.00. The quantitative estimate of drug-likeness (QED) is 0.556. The summed E-state index contributed by atoms with van der Waals surface area (Å²) in [6, 6.07) is 14.2. The molecule has 170 valence electrons. The average molecular weight is 437 g/mol. The number of Topliss-reactive ketones (excluding diaryl/α,β-unsaturated/α-hetero) is 1. The van der Waals surface area contributed by atoms with Gasteiger partial charge in [0, 0.05) is 42.7 Å². The maximum absolute atomic E-state index is 12.7. The van der Waals surface area contributed by atoms with Crippen LogP contribution in [0.25, 0.3) is 0 Å². The number of hydrogen-bond acceptors (Lipinski definition) is 4. The van der Waals surface area contributed by atoms with Crippen LogP contribution in [0, 0.1) is 0 Å². The Kier molecular flexibility index (Phi) is 8.42. The molecule has 1 aliphatic rings. The monoisotopic (exact) mass is 436 g/mol. The first-order valence-electron chi connectivity index (χ1n) is 11.4. The van der Waals surface area contributed by atoms with E-state index < -0.39 is 0 Å². The average Bonchev–Trinajstić information content (AvgIpc) is 2.83. The molecular formula is C26H32N2O4. The zero-order chi connectivity index (χ0) is 22.9. The van der Waals surface area contributed by atoms with Gasteiger partial charge in [-0.15, -0.1) is 0 Å². The van der Waals surface area contributed by atoms with E-state index in [1.165, 1.54) is 19.3 Å². The molecule has 0 atom stereocenters. The molecule has 6 nitrogen and oxygen atoms in total. The van der Waals surface area contributed by atoms with Gasteiger partial charge in [0.15, 0.2) is 5.78 Å². The summed E-state index contributed by atoms with van der Waals surface area (Å²) in [7, 11) is 1.87. The van der Waals surface area contributed by atoms with Gasteiger partial charge in [-0.3, -0.25) is 14.4 Å². The standard InChI is InChI=1S/C26H32N2O4/c1-3-32-23-15-11-19(12-16-23)24(29)17-18-25(30)27-21-13-9-20(10-14-21)26(31)28(2)22-7-5-4-6-8-22/h9-16,22H,3-8,17-18H2,1-2H3,(H,27,30). The lowest BCUT2D eigenvalue weighted by molar-refractivity contribution is -0.116. The lowest BCUT2D eigenvalue weighted by Gasteiger charge is -2.31. The van der Waals surface area contributed by atoms with E-state index in [1.54, 1.807) is 48.5 Å². The molecule has 0 radical (unpaired) electrons. The molecule has 2 aromatic carbocycles. The highest BCUT2D eigenvalue weighted by atomic mass is 16.5. The summed E-state index contributed by atoms with van der Waals surface area (Å²) >= 11 is 0. The predicted octanol–water partition coefficient (Wildman–Crippen LogP) is 5.09. The van der Waals surface area contributed by atoms with Crippen LogP contribution in [0.1, 0.15) is 72.6 Å². The minimum absolute atomic E-state index is 0.00993. The van der Waals surface area contributed by atoms with E-state index in [9.17, 15) is 14.4 Å². The number of benzene rings is 2. The van der Waals surface area contributed by atoms with E-state index in [0.29, 0.717) is 35.2 Å². The number of carbonyl (C=O) groups is 3. The van der Waals surface area contributed by atoms with E-state index in [4.69, 9.17) is 4.74 Å². The topological polar surface area (TPSA) is 75.7 Å². The van der Waals surface area contributed by atoms with Crippen molar-refractivity contribution in [1.82, 2.24) is 4.90 Å². The number of nitrogens with zero attached hydrogens (tertiary/aromatic N) is 1. The Morgan fingerprint density at radius 3 is 2.16 bits per heavy atom. The molecule has 1 saturated carbocycles. The summed E-state index contributed by atoms with van der Waals surface area (Å²) in [5.41, 5.74) is 1.79. The van der Waals surface area contributed by atoms with Crippen molar-refractivity contribution in [2.45, 2.75) is 57.9 Å². The molecule has 0 unspecified atom stereocenters. The van der Waals surface area contributed by atoms with Gasteiger partial charge in [0.2, 0.25) is 5.91 Å². The van der Waals surface area contributed by atoms with Crippen LogP contribution in [-0.2, 0) is 4.79 Å². The molecule has 1 aliphatic carbocycles. The van der Waals surface area contributed by atoms with Crippen LogP contribution in [0.4, 0.5) is 5.69 Å². The van der Waals surface area contributed by atoms with Gasteiger partial charge in [-0.2, -0.15) is 0 Å². The maximum Gasteiger partial charge on any atom is 0.253 e. The molecule has 6 heteroatoms. The van der Waals surface area contributed by atoms with Crippen molar-refractivity contribution < 1.29 is 19.1 Å². The van der Waals surface area contributed by atoms with Crippen LogP contribution in [-0.4, -0.2) is 42.2 Å². The van der Waals surface area contributed by atoms with Gasteiger partial charge in [0.25, 0.3) is 5.91 Å². The number of carbonyl (C=O) groups excluding carboxylic acids is 3. The maximum atomic E-state index is 12.7. The Balaban J connectivity index is 1.47. The smallest absolute Gasteiger partial charge is 0.253 e. The molecule has 1 fully saturated rings. The van der Waals surface area contributed by atoms with E-state index in [1.807, 2.05) is 18.9 Å². The summed E-state index contributed by atoms with van der Waals surface area (Å²) in [4.78, 5) is 39.2. The summed E-state index contributed by atoms with van der Waals surface area (Å²) < 4.78 is 5.37. The van der Waals surface area contributed by atoms with Crippen molar-refractivity contribution in [3.05, 3.63) is 59.7 Å². The first-order valence-corrected chi connectivity index (χ1v) is 11.4. The Bertz CT molecular complexity index is 916. The molecule has 32 heavy (non-hydrogen) atoms. The van der Waals surface area contributed by atoms with Gasteiger partial charge in [-0.1, -0.05) is 19.3 Å². The van der Waals surface area contributed by atoms with Crippen molar-refractivity contribution in [2.75, 3.05) is 19.0 Å². The van der Waals surface area contributed by atoms with Gasteiger partial charge >= 0.3 is 0 Å². The van der Waals surface area contributed by atoms with Crippen LogP contribution in [0.2, 0.25) is 0 Å².